The van der Waals surface area contributed by atoms with Gasteiger partial charge in [-0.1, -0.05) is 6.42 Å². The van der Waals surface area contributed by atoms with E-state index in [2.05, 4.69) is 29.4 Å². The monoisotopic (exact) mass is 267 g/mol. The first-order valence-electron chi connectivity index (χ1n) is 7.86. The second kappa shape index (κ2) is 6.71. The van der Waals surface area contributed by atoms with Crippen molar-refractivity contribution in [2.45, 2.75) is 52.1 Å². The Morgan fingerprint density at radius 3 is 2.42 bits per heavy atom. The van der Waals surface area contributed by atoms with Crippen LogP contribution in [0, 0.1) is 11.8 Å². The Bertz CT molecular complexity index is 292. The van der Waals surface area contributed by atoms with Gasteiger partial charge < -0.3 is 15.5 Å². The summed E-state index contributed by atoms with van der Waals surface area (Å²) in [6.07, 6.45) is 3.99. The van der Waals surface area contributed by atoms with Crippen LogP contribution < -0.4 is 10.6 Å². The number of piperidine rings is 1. The Morgan fingerprint density at radius 2 is 1.89 bits per heavy atom. The molecule has 1 amide bonds. The molecule has 4 heteroatoms. The summed E-state index contributed by atoms with van der Waals surface area (Å²) < 4.78 is 0. The molecule has 1 heterocycles. The molecule has 4 nitrogen and oxygen atoms in total. The summed E-state index contributed by atoms with van der Waals surface area (Å²) in [6, 6.07) is 1.19. The van der Waals surface area contributed by atoms with Crippen LogP contribution in [-0.4, -0.2) is 49.1 Å². The van der Waals surface area contributed by atoms with Gasteiger partial charge in [0.25, 0.3) is 0 Å². The average Bonchev–Trinajstić information content (AvgIpc) is 2.35. The molecule has 2 N–H and O–H groups in total. The lowest BCUT2D eigenvalue weighted by atomic mass is 9.73. The van der Waals surface area contributed by atoms with Gasteiger partial charge in [-0.05, 0) is 45.4 Å². The number of nitrogens with one attached hydrogen (secondary N) is 2. The zero-order valence-electron chi connectivity index (χ0n) is 12.6. The third-order valence-electron chi connectivity index (χ3n) is 4.71. The van der Waals surface area contributed by atoms with E-state index >= 15 is 0 Å². The maximum absolute atomic E-state index is 11.6. The highest BCUT2D eigenvalue weighted by Crippen LogP contribution is 2.35. The highest BCUT2D eigenvalue weighted by molar-refractivity contribution is 5.77. The van der Waals surface area contributed by atoms with E-state index in [0.29, 0.717) is 18.6 Å². The molecule has 2 atom stereocenters. The van der Waals surface area contributed by atoms with Crippen LogP contribution in [0.25, 0.3) is 0 Å². The number of nitrogens with zero attached hydrogens (tertiary/aromatic N) is 1. The molecule has 0 aromatic rings. The number of likely N-dealkylation sites (N-methyl/N-ethyl adjacent to an activating group) is 1. The first-order chi connectivity index (χ1) is 9.11. The number of carbonyl (C=O) groups excluding carboxylic acids is 1. The molecular weight excluding hydrogens is 238 g/mol. The summed E-state index contributed by atoms with van der Waals surface area (Å²) in [6.45, 7) is 10.1. The molecule has 2 aliphatic rings. The van der Waals surface area contributed by atoms with Crippen molar-refractivity contribution < 1.29 is 4.79 Å². The predicted octanol–water partition coefficient (Wildman–Crippen LogP) is 1.22. The van der Waals surface area contributed by atoms with Gasteiger partial charge in [0.2, 0.25) is 5.91 Å². The summed E-state index contributed by atoms with van der Waals surface area (Å²) in [7, 11) is 0. The topological polar surface area (TPSA) is 44.4 Å². The Hall–Kier alpha value is -0.610. The van der Waals surface area contributed by atoms with Crippen molar-refractivity contribution in [1.82, 2.24) is 15.5 Å². The van der Waals surface area contributed by atoms with Gasteiger partial charge in [-0.3, -0.25) is 4.79 Å². The number of rotatable bonds is 5. The number of carbonyl (C=O) groups is 1. The van der Waals surface area contributed by atoms with Crippen LogP contribution in [0.1, 0.15) is 40.0 Å². The number of fused-ring (bicyclic) bond motifs is 2. The van der Waals surface area contributed by atoms with Crippen molar-refractivity contribution in [3.8, 4) is 0 Å². The zero-order valence-corrected chi connectivity index (χ0v) is 12.6. The normalized spacial score (nSPS) is 31.5. The number of likely N-dealkylation sites (tertiary alicyclic amines) is 1. The minimum Gasteiger partial charge on any atom is -0.355 e. The van der Waals surface area contributed by atoms with E-state index in [1.807, 2.05) is 6.92 Å². The first-order valence-corrected chi connectivity index (χ1v) is 7.86. The van der Waals surface area contributed by atoms with Gasteiger partial charge in [0, 0.05) is 31.7 Å². The van der Waals surface area contributed by atoms with E-state index in [1.54, 1.807) is 0 Å². The van der Waals surface area contributed by atoms with E-state index in [0.717, 1.165) is 18.4 Å². The highest BCUT2D eigenvalue weighted by atomic mass is 16.1. The van der Waals surface area contributed by atoms with Gasteiger partial charge in [0.05, 0.1) is 6.54 Å². The third-order valence-corrected chi connectivity index (χ3v) is 4.71. The van der Waals surface area contributed by atoms with Gasteiger partial charge in [0.15, 0.2) is 0 Å². The van der Waals surface area contributed by atoms with Crippen LogP contribution in [0.3, 0.4) is 0 Å². The summed E-state index contributed by atoms with van der Waals surface area (Å²) in [5.74, 6) is 1.58. The van der Waals surface area contributed by atoms with Crippen molar-refractivity contribution in [2.75, 3.05) is 26.2 Å². The molecule has 1 saturated heterocycles. The number of hydrogen-bond acceptors (Lipinski definition) is 3. The number of hydrogen-bond donors (Lipinski definition) is 2. The van der Waals surface area contributed by atoms with Crippen LogP contribution >= 0.6 is 0 Å². The summed E-state index contributed by atoms with van der Waals surface area (Å²) in [4.78, 5) is 14.2. The average molecular weight is 267 g/mol. The zero-order chi connectivity index (χ0) is 13.8. The molecule has 1 saturated carbocycles. The van der Waals surface area contributed by atoms with Crippen molar-refractivity contribution in [3.05, 3.63) is 0 Å². The minimum atomic E-state index is 0.131. The fourth-order valence-electron chi connectivity index (χ4n) is 3.70. The molecule has 0 spiro atoms. The molecule has 2 fully saturated rings. The molecular formula is C15H29N3O. The van der Waals surface area contributed by atoms with Gasteiger partial charge >= 0.3 is 0 Å². The van der Waals surface area contributed by atoms with Crippen LogP contribution in [-0.2, 0) is 4.79 Å². The lowest BCUT2D eigenvalue weighted by Crippen LogP contribution is -2.59. The van der Waals surface area contributed by atoms with Crippen molar-refractivity contribution in [3.63, 3.8) is 0 Å². The van der Waals surface area contributed by atoms with Crippen LogP contribution in [0.15, 0.2) is 0 Å². The minimum absolute atomic E-state index is 0.131. The quantitative estimate of drug-likeness (QED) is 0.787. The molecule has 1 aliphatic carbocycles. The lowest BCUT2D eigenvalue weighted by molar-refractivity contribution is -0.120. The maximum atomic E-state index is 11.6. The lowest BCUT2D eigenvalue weighted by Gasteiger charge is -2.49. The van der Waals surface area contributed by atoms with Gasteiger partial charge in [0.1, 0.15) is 0 Å². The van der Waals surface area contributed by atoms with E-state index in [-0.39, 0.29) is 5.91 Å². The SMILES string of the molecule is CCNC(=O)CNC1C2CCCC1CN(C(C)C)C2. The van der Waals surface area contributed by atoms with E-state index in [9.17, 15) is 4.79 Å². The Morgan fingerprint density at radius 1 is 1.26 bits per heavy atom. The van der Waals surface area contributed by atoms with Crippen LogP contribution in [0.2, 0.25) is 0 Å². The molecule has 19 heavy (non-hydrogen) atoms. The molecule has 110 valence electrons. The molecule has 0 aromatic carbocycles. The standard InChI is InChI=1S/C15H29N3O/c1-4-16-14(19)8-17-15-12-6-5-7-13(15)10-18(9-12)11(2)3/h11-13,15,17H,4-10H2,1-3H3,(H,16,19). The first kappa shape index (κ1) is 14.8. The third kappa shape index (κ3) is 3.69. The molecule has 2 unspecified atom stereocenters. The smallest absolute Gasteiger partial charge is 0.233 e. The highest BCUT2D eigenvalue weighted by Gasteiger charge is 2.39. The predicted molar refractivity (Wildman–Crippen MR) is 78.0 cm³/mol. The largest absolute Gasteiger partial charge is 0.355 e. The molecule has 0 radical (unpaired) electrons. The maximum Gasteiger partial charge on any atom is 0.233 e. The van der Waals surface area contributed by atoms with E-state index in [1.165, 1.54) is 32.4 Å². The van der Waals surface area contributed by atoms with Crippen LogP contribution in [0.4, 0.5) is 0 Å². The van der Waals surface area contributed by atoms with Gasteiger partial charge in [-0.25, -0.2) is 0 Å². The van der Waals surface area contributed by atoms with Crippen molar-refractivity contribution >= 4 is 5.91 Å². The molecule has 0 aromatic heterocycles. The summed E-state index contributed by atoms with van der Waals surface area (Å²) >= 11 is 0. The molecule has 2 rings (SSSR count). The summed E-state index contributed by atoms with van der Waals surface area (Å²) in [5, 5.41) is 6.39. The Kier molecular flexibility index (Phi) is 5.22. The van der Waals surface area contributed by atoms with Crippen molar-refractivity contribution in [1.29, 1.82) is 0 Å². The fourth-order valence-corrected chi connectivity index (χ4v) is 3.70. The van der Waals surface area contributed by atoms with Gasteiger partial charge in [-0.15, -0.1) is 0 Å². The second-order valence-electron chi connectivity index (χ2n) is 6.36. The number of amides is 1. The second-order valence-corrected chi connectivity index (χ2v) is 6.36. The van der Waals surface area contributed by atoms with Crippen molar-refractivity contribution in [2.24, 2.45) is 11.8 Å². The molecule has 2 bridgehead atoms. The Labute approximate surface area is 117 Å². The van der Waals surface area contributed by atoms with Crippen LogP contribution in [0.5, 0.6) is 0 Å². The Balaban J connectivity index is 1.89. The van der Waals surface area contributed by atoms with E-state index < -0.39 is 0 Å². The fraction of sp³-hybridized carbons (Fsp3) is 0.933. The van der Waals surface area contributed by atoms with Gasteiger partial charge in [-0.2, -0.15) is 0 Å². The molecule has 1 aliphatic heterocycles. The van der Waals surface area contributed by atoms with E-state index in [4.69, 9.17) is 0 Å². The summed E-state index contributed by atoms with van der Waals surface area (Å²) in [5.41, 5.74) is 0.